The summed E-state index contributed by atoms with van der Waals surface area (Å²) in [5.41, 5.74) is 0. The van der Waals surface area contributed by atoms with Gasteiger partial charge in [-0.25, -0.2) is 8.42 Å². The first kappa shape index (κ1) is 14.5. The van der Waals surface area contributed by atoms with Crippen molar-refractivity contribution >= 4 is 16.0 Å². The first-order valence-electron chi connectivity index (χ1n) is 5.35. The third-order valence-corrected chi connectivity index (χ3v) is 3.64. The number of esters is 1. The summed E-state index contributed by atoms with van der Waals surface area (Å²) < 4.78 is 30.6. The smallest absolute Gasteiger partial charge is 0.323 e. The molecule has 0 radical (unpaired) electrons. The van der Waals surface area contributed by atoms with Gasteiger partial charge in [-0.15, -0.1) is 0 Å². The number of aromatic hydroxyl groups is 1. The molecular weight excluding hydrogens is 258 g/mol. The van der Waals surface area contributed by atoms with E-state index in [1.54, 1.807) is 6.92 Å². The minimum Gasteiger partial charge on any atom is -0.508 e. The van der Waals surface area contributed by atoms with Crippen LogP contribution in [0.3, 0.4) is 0 Å². The van der Waals surface area contributed by atoms with E-state index in [-0.39, 0.29) is 17.3 Å². The van der Waals surface area contributed by atoms with Crippen molar-refractivity contribution in [2.75, 3.05) is 6.61 Å². The average Bonchev–Trinajstić information content (AvgIpc) is 2.28. The van der Waals surface area contributed by atoms with Crippen LogP contribution >= 0.6 is 0 Å². The van der Waals surface area contributed by atoms with E-state index in [1.807, 2.05) is 0 Å². The molecule has 0 aliphatic carbocycles. The van der Waals surface area contributed by atoms with E-state index in [2.05, 4.69) is 4.72 Å². The van der Waals surface area contributed by atoms with Crippen LogP contribution < -0.4 is 4.72 Å². The van der Waals surface area contributed by atoms with Gasteiger partial charge < -0.3 is 9.84 Å². The SMILES string of the molecule is CCOC(=O)C(C)NS(=O)(=O)c1cccc(O)c1. The van der Waals surface area contributed by atoms with Crippen molar-refractivity contribution in [2.24, 2.45) is 0 Å². The molecule has 0 saturated heterocycles. The lowest BCUT2D eigenvalue weighted by Crippen LogP contribution is -2.39. The normalized spacial score (nSPS) is 13.0. The highest BCUT2D eigenvalue weighted by Gasteiger charge is 2.22. The molecule has 0 fully saturated rings. The summed E-state index contributed by atoms with van der Waals surface area (Å²) in [6.07, 6.45) is 0. The van der Waals surface area contributed by atoms with Crippen LogP contribution in [0.5, 0.6) is 5.75 Å². The molecule has 0 amide bonds. The van der Waals surface area contributed by atoms with Gasteiger partial charge in [0.25, 0.3) is 0 Å². The molecule has 0 spiro atoms. The minimum absolute atomic E-state index is 0.112. The molecule has 1 rings (SSSR count). The number of carbonyl (C=O) groups is 1. The van der Waals surface area contributed by atoms with Crippen LogP contribution in [0.25, 0.3) is 0 Å². The quantitative estimate of drug-likeness (QED) is 0.767. The van der Waals surface area contributed by atoms with Crippen molar-refractivity contribution in [2.45, 2.75) is 24.8 Å². The molecule has 2 N–H and O–H groups in total. The fraction of sp³-hybridized carbons (Fsp3) is 0.364. The molecule has 0 aliphatic heterocycles. The van der Waals surface area contributed by atoms with E-state index in [9.17, 15) is 18.3 Å². The standard InChI is InChI=1S/C11H15NO5S/c1-3-17-11(14)8(2)12-18(15,16)10-6-4-5-9(13)7-10/h4-8,12-13H,3H2,1-2H3. The summed E-state index contributed by atoms with van der Waals surface area (Å²) in [6.45, 7) is 3.20. The zero-order valence-corrected chi connectivity index (χ0v) is 10.9. The van der Waals surface area contributed by atoms with Crippen LogP contribution in [-0.2, 0) is 19.6 Å². The Hall–Kier alpha value is -1.60. The molecule has 0 aliphatic rings. The summed E-state index contributed by atoms with van der Waals surface area (Å²) in [4.78, 5) is 11.2. The second-order valence-electron chi connectivity index (χ2n) is 3.59. The molecule has 1 aromatic rings. The molecule has 0 saturated carbocycles. The van der Waals surface area contributed by atoms with Crippen LogP contribution in [-0.4, -0.2) is 32.1 Å². The largest absolute Gasteiger partial charge is 0.508 e. The maximum atomic E-state index is 11.9. The number of phenolic OH excluding ortho intramolecular Hbond substituents is 1. The molecule has 18 heavy (non-hydrogen) atoms. The van der Waals surface area contributed by atoms with Gasteiger partial charge in [0.2, 0.25) is 10.0 Å². The Bertz CT molecular complexity index is 526. The Labute approximate surface area is 106 Å². The molecule has 1 unspecified atom stereocenters. The van der Waals surface area contributed by atoms with E-state index < -0.39 is 22.0 Å². The lowest BCUT2D eigenvalue weighted by Gasteiger charge is -2.13. The zero-order valence-electron chi connectivity index (χ0n) is 10.1. The fourth-order valence-electron chi connectivity index (χ4n) is 1.27. The molecule has 6 nitrogen and oxygen atoms in total. The molecule has 7 heteroatoms. The van der Waals surface area contributed by atoms with Crippen LogP contribution in [0.1, 0.15) is 13.8 Å². The monoisotopic (exact) mass is 273 g/mol. The van der Waals surface area contributed by atoms with Gasteiger partial charge in [0, 0.05) is 0 Å². The third-order valence-electron chi connectivity index (χ3n) is 2.10. The summed E-state index contributed by atoms with van der Waals surface area (Å²) in [5, 5.41) is 9.22. The predicted molar refractivity (Wildman–Crippen MR) is 64.5 cm³/mol. The van der Waals surface area contributed by atoms with Crippen LogP contribution in [0.15, 0.2) is 29.2 Å². The van der Waals surface area contributed by atoms with Crippen molar-refractivity contribution in [3.63, 3.8) is 0 Å². The van der Waals surface area contributed by atoms with Crippen molar-refractivity contribution in [1.29, 1.82) is 0 Å². The van der Waals surface area contributed by atoms with Crippen molar-refractivity contribution in [3.8, 4) is 5.75 Å². The maximum absolute atomic E-state index is 11.9. The van der Waals surface area contributed by atoms with E-state index in [0.717, 1.165) is 6.07 Å². The van der Waals surface area contributed by atoms with Crippen LogP contribution in [0.4, 0.5) is 0 Å². The Balaban J connectivity index is 2.86. The van der Waals surface area contributed by atoms with Gasteiger partial charge in [-0.3, -0.25) is 4.79 Å². The highest BCUT2D eigenvalue weighted by Crippen LogP contribution is 2.15. The van der Waals surface area contributed by atoms with Gasteiger partial charge >= 0.3 is 5.97 Å². The van der Waals surface area contributed by atoms with E-state index in [0.29, 0.717) is 0 Å². The number of nitrogens with one attached hydrogen (secondary N) is 1. The first-order chi connectivity index (χ1) is 8.36. The zero-order chi connectivity index (χ0) is 13.8. The van der Waals surface area contributed by atoms with E-state index >= 15 is 0 Å². The molecule has 100 valence electrons. The summed E-state index contributed by atoms with van der Waals surface area (Å²) in [5.74, 6) is -0.817. The Kier molecular flexibility index (Phi) is 4.69. The van der Waals surface area contributed by atoms with E-state index in [4.69, 9.17) is 4.74 Å². The fourth-order valence-corrected chi connectivity index (χ4v) is 2.50. The molecule has 0 heterocycles. The average molecular weight is 273 g/mol. The number of carbonyl (C=O) groups excluding carboxylic acids is 1. The number of hydrogen-bond acceptors (Lipinski definition) is 5. The molecule has 1 aromatic carbocycles. The number of rotatable bonds is 5. The third kappa shape index (κ3) is 3.71. The lowest BCUT2D eigenvalue weighted by atomic mass is 10.3. The first-order valence-corrected chi connectivity index (χ1v) is 6.83. The van der Waals surface area contributed by atoms with Crippen molar-refractivity contribution in [1.82, 2.24) is 4.72 Å². The Morgan fingerprint density at radius 1 is 1.50 bits per heavy atom. The topological polar surface area (TPSA) is 92.7 Å². The minimum atomic E-state index is -3.86. The van der Waals surface area contributed by atoms with Crippen molar-refractivity contribution in [3.05, 3.63) is 24.3 Å². The van der Waals surface area contributed by atoms with Gasteiger partial charge in [0.05, 0.1) is 11.5 Å². The summed E-state index contributed by atoms with van der Waals surface area (Å²) in [7, 11) is -3.86. The number of phenols is 1. The molecule has 1 atom stereocenters. The number of ether oxygens (including phenoxy) is 1. The molecule has 0 bridgehead atoms. The highest BCUT2D eigenvalue weighted by molar-refractivity contribution is 7.89. The van der Waals surface area contributed by atoms with E-state index in [1.165, 1.54) is 25.1 Å². The molecule has 0 aromatic heterocycles. The van der Waals surface area contributed by atoms with Gasteiger partial charge in [-0.1, -0.05) is 6.07 Å². The number of sulfonamides is 1. The second kappa shape index (κ2) is 5.83. The highest BCUT2D eigenvalue weighted by atomic mass is 32.2. The Morgan fingerprint density at radius 3 is 2.72 bits per heavy atom. The maximum Gasteiger partial charge on any atom is 0.323 e. The van der Waals surface area contributed by atoms with Gasteiger partial charge in [0.1, 0.15) is 11.8 Å². The van der Waals surface area contributed by atoms with Gasteiger partial charge in [-0.05, 0) is 32.0 Å². The summed E-state index contributed by atoms with van der Waals surface area (Å²) in [6, 6.07) is 4.18. The van der Waals surface area contributed by atoms with Crippen molar-refractivity contribution < 1.29 is 23.1 Å². The van der Waals surface area contributed by atoms with Gasteiger partial charge in [-0.2, -0.15) is 4.72 Å². The van der Waals surface area contributed by atoms with Crippen LogP contribution in [0, 0.1) is 0 Å². The summed E-state index contributed by atoms with van der Waals surface area (Å²) >= 11 is 0. The molecular formula is C11H15NO5S. The number of benzene rings is 1. The Morgan fingerprint density at radius 2 is 2.17 bits per heavy atom. The lowest BCUT2D eigenvalue weighted by molar-refractivity contribution is -0.144. The number of hydrogen-bond donors (Lipinski definition) is 2. The van der Waals surface area contributed by atoms with Gasteiger partial charge in [0.15, 0.2) is 0 Å². The second-order valence-corrected chi connectivity index (χ2v) is 5.31. The predicted octanol–water partition coefficient (Wildman–Crippen LogP) is 0.622. The van der Waals surface area contributed by atoms with Crippen LogP contribution in [0.2, 0.25) is 0 Å².